The summed E-state index contributed by atoms with van der Waals surface area (Å²) in [6.07, 6.45) is 1.22. The lowest BCUT2D eigenvalue weighted by Crippen LogP contribution is -2.52. The van der Waals surface area contributed by atoms with E-state index in [9.17, 15) is 4.79 Å². The molecule has 1 aliphatic rings. The van der Waals surface area contributed by atoms with Crippen LogP contribution < -0.4 is 5.32 Å². The van der Waals surface area contributed by atoms with E-state index in [1.54, 1.807) is 7.11 Å². The molecule has 1 rings (SSSR count). The first-order chi connectivity index (χ1) is 8.17. The van der Waals surface area contributed by atoms with Crippen LogP contribution in [0.15, 0.2) is 0 Å². The van der Waals surface area contributed by atoms with Gasteiger partial charge in [0.1, 0.15) is 0 Å². The van der Waals surface area contributed by atoms with Gasteiger partial charge in [0.05, 0.1) is 25.9 Å². The number of nitrogens with zero attached hydrogens (tertiary/aromatic N) is 1. The molecule has 17 heavy (non-hydrogen) atoms. The number of nitrogens with one attached hydrogen (secondary N) is 1. The third-order valence-corrected chi connectivity index (χ3v) is 3.03. The van der Waals surface area contributed by atoms with E-state index < -0.39 is 0 Å². The summed E-state index contributed by atoms with van der Waals surface area (Å²) in [5.41, 5.74) is 0. The average Bonchev–Trinajstić information content (AvgIpc) is 2.29. The molecule has 2 atom stereocenters. The highest BCUT2D eigenvalue weighted by atomic mass is 16.5. The Kier molecular flexibility index (Phi) is 6.47. The van der Waals surface area contributed by atoms with E-state index >= 15 is 0 Å². The molecule has 0 saturated carbocycles. The van der Waals surface area contributed by atoms with Crippen molar-refractivity contribution in [3.63, 3.8) is 0 Å². The number of rotatable bonds is 6. The summed E-state index contributed by atoms with van der Waals surface area (Å²) >= 11 is 0. The minimum Gasteiger partial charge on any atom is -0.383 e. The van der Waals surface area contributed by atoms with Crippen molar-refractivity contribution in [1.82, 2.24) is 10.2 Å². The van der Waals surface area contributed by atoms with Crippen LogP contribution in [0.3, 0.4) is 0 Å². The van der Waals surface area contributed by atoms with E-state index in [1.165, 1.54) is 0 Å². The van der Waals surface area contributed by atoms with Crippen LogP contribution in [-0.2, 0) is 14.3 Å². The van der Waals surface area contributed by atoms with Gasteiger partial charge in [0.15, 0.2) is 0 Å². The third-order valence-electron chi connectivity index (χ3n) is 3.03. The number of hydrogen-bond acceptors (Lipinski definition) is 4. The van der Waals surface area contributed by atoms with Crippen LogP contribution in [0, 0.1) is 0 Å². The summed E-state index contributed by atoms with van der Waals surface area (Å²) in [6, 6.07) is 0.361. The molecular formula is C12H24N2O3. The zero-order chi connectivity index (χ0) is 12.7. The number of carbonyl (C=O) groups is 1. The van der Waals surface area contributed by atoms with Gasteiger partial charge in [-0.2, -0.15) is 0 Å². The van der Waals surface area contributed by atoms with Gasteiger partial charge in [-0.15, -0.1) is 0 Å². The van der Waals surface area contributed by atoms with Gasteiger partial charge < -0.3 is 14.8 Å². The summed E-state index contributed by atoms with van der Waals surface area (Å²) < 4.78 is 10.5. The average molecular weight is 244 g/mol. The van der Waals surface area contributed by atoms with Crippen molar-refractivity contribution >= 4 is 5.91 Å². The van der Waals surface area contributed by atoms with Crippen molar-refractivity contribution in [2.24, 2.45) is 0 Å². The highest BCUT2D eigenvalue weighted by Gasteiger charge is 2.26. The predicted molar refractivity (Wildman–Crippen MR) is 66.0 cm³/mol. The summed E-state index contributed by atoms with van der Waals surface area (Å²) in [4.78, 5) is 13.9. The lowest BCUT2D eigenvalue weighted by Gasteiger charge is -2.37. The molecule has 1 aliphatic heterocycles. The first kappa shape index (κ1) is 14.4. The Balaban J connectivity index is 2.33. The smallest absolute Gasteiger partial charge is 0.234 e. The van der Waals surface area contributed by atoms with Gasteiger partial charge in [0.2, 0.25) is 5.91 Å². The molecular weight excluding hydrogens is 220 g/mol. The lowest BCUT2D eigenvalue weighted by molar-refractivity contribution is -0.126. The van der Waals surface area contributed by atoms with Gasteiger partial charge in [-0.25, -0.2) is 0 Å². The van der Waals surface area contributed by atoms with Crippen molar-refractivity contribution in [2.45, 2.75) is 32.4 Å². The van der Waals surface area contributed by atoms with Crippen molar-refractivity contribution in [3.8, 4) is 0 Å². The molecule has 1 fully saturated rings. The third kappa shape index (κ3) is 5.02. The second-order valence-electron chi connectivity index (χ2n) is 4.48. The zero-order valence-electron chi connectivity index (χ0n) is 11.1. The largest absolute Gasteiger partial charge is 0.383 e. The zero-order valence-corrected chi connectivity index (χ0v) is 11.1. The molecule has 0 aromatic heterocycles. The van der Waals surface area contributed by atoms with Crippen LogP contribution in [0.4, 0.5) is 0 Å². The second-order valence-corrected chi connectivity index (χ2v) is 4.48. The predicted octanol–water partition coefficient (Wildman–Crippen LogP) is 0.248. The minimum absolute atomic E-state index is 0.0644. The van der Waals surface area contributed by atoms with Gasteiger partial charge in [-0.3, -0.25) is 9.69 Å². The number of amides is 1. The molecule has 100 valence electrons. The number of morpholine rings is 1. The maximum atomic E-state index is 11.7. The van der Waals surface area contributed by atoms with Crippen molar-refractivity contribution in [1.29, 1.82) is 0 Å². The second kappa shape index (κ2) is 7.63. The Labute approximate surface area is 103 Å². The van der Waals surface area contributed by atoms with Crippen molar-refractivity contribution in [3.05, 3.63) is 0 Å². The molecule has 5 nitrogen and oxygen atoms in total. The summed E-state index contributed by atoms with van der Waals surface area (Å²) in [5.74, 6) is 0.0644. The highest BCUT2D eigenvalue weighted by Crippen LogP contribution is 2.13. The van der Waals surface area contributed by atoms with Crippen LogP contribution in [-0.4, -0.2) is 62.9 Å². The van der Waals surface area contributed by atoms with E-state index in [1.807, 2.05) is 6.92 Å². The standard InChI is InChI=1S/C12H24N2O3/c1-4-11-9-17-10(2)7-14(11)8-12(15)13-5-6-16-3/h10-11H,4-9H2,1-3H3,(H,13,15)/t10-,11+/m1/s1. The molecule has 1 N–H and O–H groups in total. The van der Waals surface area contributed by atoms with E-state index in [0.717, 1.165) is 19.6 Å². The van der Waals surface area contributed by atoms with Gasteiger partial charge in [-0.05, 0) is 13.3 Å². The molecule has 0 aromatic rings. The van der Waals surface area contributed by atoms with E-state index in [4.69, 9.17) is 9.47 Å². The molecule has 0 unspecified atom stereocenters. The van der Waals surface area contributed by atoms with Crippen LogP contribution in [0.5, 0.6) is 0 Å². The summed E-state index contributed by atoms with van der Waals surface area (Å²) in [5, 5.41) is 2.84. The SMILES string of the molecule is CC[C@H]1CO[C@H](C)CN1CC(=O)NCCOC. The molecule has 1 heterocycles. The number of carbonyl (C=O) groups excluding carboxylic acids is 1. The minimum atomic E-state index is 0.0644. The number of ether oxygens (including phenoxy) is 2. The van der Waals surface area contributed by atoms with E-state index in [0.29, 0.717) is 25.7 Å². The molecule has 0 spiro atoms. The molecule has 0 bridgehead atoms. The normalized spacial score (nSPS) is 25.8. The Morgan fingerprint density at radius 2 is 2.35 bits per heavy atom. The van der Waals surface area contributed by atoms with Gasteiger partial charge >= 0.3 is 0 Å². The van der Waals surface area contributed by atoms with Crippen LogP contribution >= 0.6 is 0 Å². The molecule has 5 heteroatoms. The van der Waals surface area contributed by atoms with E-state index in [-0.39, 0.29) is 12.0 Å². The molecule has 0 radical (unpaired) electrons. The number of hydrogen-bond donors (Lipinski definition) is 1. The van der Waals surface area contributed by atoms with Crippen LogP contribution in [0.25, 0.3) is 0 Å². The number of methoxy groups -OCH3 is 1. The topological polar surface area (TPSA) is 50.8 Å². The fourth-order valence-corrected chi connectivity index (χ4v) is 2.02. The van der Waals surface area contributed by atoms with E-state index in [2.05, 4.69) is 17.1 Å². The maximum Gasteiger partial charge on any atom is 0.234 e. The molecule has 0 aromatic carbocycles. The van der Waals surface area contributed by atoms with Crippen LogP contribution in [0.1, 0.15) is 20.3 Å². The summed E-state index contributed by atoms with van der Waals surface area (Å²) in [6.45, 7) is 7.31. The lowest BCUT2D eigenvalue weighted by atomic mass is 10.1. The Hall–Kier alpha value is -0.650. The van der Waals surface area contributed by atoms with Gasteiger partial charge in [0, 0.05) is 26.2 Å². The quantitative estimate of drug-likeness (QED) is 0.680. The maximum absolute atomic E-state index is 11.7. The Bertz CT molecular complexity index is 236. The fourth-order valence-electron chi connectivity index (χ4n) is 2.02. The summed E-state index contributed by atoms with van der Waals surface area (Å²) in [7, 11) is 1.63. The molecule has 1 saturated heterocycles. The molecule has 0 aliphatic carbocycles. The van der Waals surface area contributed by atoms with Gasteiger partial charge in [0.25, 0.3) is 0 Å². The fraction of sp³-hybridized carbons (Fsp3) is 0.917. The van der Waals surface area contributed by atoms with Crippen molar-refractivity contribution in [2.75, 3.05) is 40.0 Å². The van der Waals surface area contributed by atoms with Crippen LogP contribution in [0.2, 0.25) is 0 Å². The first-order valence-corrected chi connectivity index (χ1v) is 6.28. The van der Waals surface area contributed by atoms with Crippen molar-refractivity contribution < 1.29 is 14.3 Å². The first-order valence-electron chi connectivity index (χ1n) is 6.28. The Morgan fingerprint density at radius 1 is 1.59 bits per heavy atom. The molecule has 1 amide bonds. The van der Waals surface area contributed by atoms with Gasteiger partial charge in [-0.1, -0.05) is 6.92 Å². The highest BCUT2D eigenvalue weighted by molar-refractivity contribution is 5.78. The monoisotopic (exact) mass is 244 g/mol. The Morgan fingerprint density at radius 3 is 3.00 bits per heavy atom.